The van der Waals surface area contributed by atoms with Gasteiger partial charge in [-0.15, -0.1) is 0 Å². The highest BCUT2D eigenvalue weighted by Crippen LogP contribution is 2.21. The maximum atomic E-state index is 4.68. The van der Waals surface area contributed by atoms with Gasteiger partial charge in [0.2, 0.25) is 5.52 Å². The average molecular weight is 350 g/mol. The number of halogens is 1. The Morgan fingerprint density at radius 2 is 1.50 bits per heavy atom. The van der Waals surface area contributed by atoms with Gasteiger partial charge in [0.05, 0.1) is 0 Å². The first kappa shape index (κ1) is 13.2. The molecule has 0 saturated heterocycles. The van der Waals surface area contributed by atoms with Gasteiger partial charge < -0.3 is 24.0 Å². The molecule has 0 atom stereocenters. The van der Waals surface area contributed by atoms with E-state index in [1.807, 2.05) is 6.92 Å². The molecule has 0 aliphatic carbocycles. The minimum Gasteiger partial charge on any atom is -1.00 e. The van der Waals surface area contributed by atoms with Crippen LogP contribution in [-0.2, 0) is 7.05 Å². The summed E-state index contributed by atoms with van der Waals surface area (Å²) in [6, 6.07) is 12.8. The van der Waals surface area contributed by atoms with Gasteiger partial charge >= 0.3 is 0 Å². The van der Waals surface area contributed by atoms with E-state index in [0.29, 0.717) is 0 Å². The minimum atomic E-state index is 0. The lowest BCUT2D eigenvalue weighted by Crippen LogP contribution is -3.00. The Morgan fingerprint density at radius 3 is 2.28 bits per heavy atom. The van der Waals surface area contributed by atoms with Gasteiger partial charge in [0.25, 0.3) is 0 Å². The molecule has 1 aromatic carbocycles. The molecule has 2 aromatic heterocycles. The van der Waals surface area contributed by atoms with Crippen LogP contribution in [0, 0.1) is 13.8 Å². The minimum absolute atomic E-state index is 0. The molecule has 0 radical (unpaired) electrons. The molecule has 0 spiro atoms. The van der Waals surface area contributed by atoms with Gasteiger partial charge in [0.1, 0.15) is 12.6 Å². The Kier molecular flexibility index (Phi) is 3.52. The van der Waals surface area contributed by atoms with E-state index in [2.05, 4.69) is 59.9 Å². The first-order valence-electron chi connectivity index (χ1n) is 5.82. The average Bonchev–Trinajstić information content (AvgIpc) is 2.33. The summed E-state index contributed by atoms with van der Waals surface area (Å²) in [5, 5.41) is 2.44. The first-order valence-corrected chi connectivity index (χ1v) is 5.82. The van der Waals surface area contributed by atoms with E-state index in [9.17, 15) is 0 Å². The fourth-order valence-corrected chi connectivity index (χ4v) is 2.27. The summed E-state index contributed by atoms with van der Waals surface area (Å²) in [4.78, 5) is 4.68. The van der Waals surface area contributed by atoms with Gasteiger partial charge in [-0.05, 0) is 25.1 Å². The number of rotatable bonds is 0. The molecule has 0 fully saturated rings. The second kappa shape index (κ2) is 4.80. The lowest BCUT2D eigenvalue weighted by Gasteiger charge is -2.04. The van der Waals surface area contributed by atoms with Gasteiger partial charge in [-0.25, -0.2) is 4.98 Å². The normalized spacial score (nSPS) is 10.6. The molecule has 0 bridgehead atoms. The number of nitrogens with zero attached hydrogens (tertiary/aromatic N) is 2. The van der Waals surface area contributed by atoms with Crippen LogP contribution in [0.25, 0.3) is 21.8 Å². The number of fused-ring (bicyclic) bond motifs is 3. The smallest absolute Gasteiger partial charge is 0.239 e. The second-order valence-corrected chi connectivity index (χ2v) is 4.56. The van der Waals surface area contributed by atoms with Crippen LogP contribution >= 0.6 is 0 Å². The van der Waals surface area contributed by atoms with E-state index in [1.54, 1.807) is 0 Å². The summed E-state index contributed by atoms with van der Waals surface area (Å²) >= 11 is 0. The lowest BCUT2D eigenvalue weighted by molar-refractivity contribution is -0.650. The van der Waals surface area contributed by atoms with Crippen molar-refractivity contribution in [3.8, 4) is 0 Å². The van der Waals surface area contributed by atoms with Crippen molar-refractivity contribution in [3.05, 3.63) is 47.8 Å². The van der Waals surface area contributed by atoms with E-state index in [4.69, 9.17) is 0 Å². The number of aromatic nitrogens is 2. The number of pyridine rings is 2. The third-order valence-corrected chi connectivity index (χ3v) is 3.37. The standard InChI is InChI=1S/C15H15N2.HI/c1-10-4-6-12-8-9-13-7-5-11(2)17(3)15(13)14(12)16-10;/h4-9H,1-3H3;1H/q+1;/p-1. The van der Waals surface area contributed by atoms with Crippen molar-refractivity contribution in [1.82, 2.24) is 4.98 Å². The molecule has 0 N–H and O–H groups in total. The van der Waals surface area contributed by atoms with E-state index in [-0.39, 0.29) is 24.0 Å². The zero-order valence-corrected chi connectivity index (χ0v) is 12.9. The maximum absolute atomic E-state index is 4.68. The van der Waals surface area contributed by atoms with E-state index < -0.39 is 0 Å². The molecule has 0 amide bonds. The molecule has 0 saturated carbocycles. The lowest BCUT2D eigenvalue weighted by atomic mass is 10.1. The molecule has 0 aliphatic heterocycles. The quantitative estimate of drug-likeness (QED) is 0.313. The number of aryl methyl sites for hydroxylation is 3. The Hall–Kier alpha value is -1.23. The van der Waals surface area contributed by atoms with Crippen molar-refractivity contribution in [2.75, 3.05) is 0 Å². The first-order chi connectivity index (χ1) is 8.16. The molecule has 0 aliphatic rings. The van der Waals surface area contributed by atoms with Crippen molar-refractivity contribution in [1.29, 1.82) is 0 Å². The number of benzene rings is 1. The third kappa shape index (κ3) is 1.96. The molecular weight excluding hydrogens is 335 g/mol. The van der Waals surface area contributed by atoms with Gasteiger partial charge in [-0.3, -0.25) is 0 Å². The van der Waals surface area contributed by atoms with Crippen molar-refractivity contribution >= 4 is 21.8 Å². The maximum Gasteiger partial charge on any atom is 0.239 e. The molecule has 92 valence electrons. The van der Waals surface area contributed by atoms with E-state index >= 15 is 0 Å². The van der Waals surface area contributed by atoms with Crippen LogP contribution in [-0.4, -0.2) is 4.98 Å². The van der Waals surface area contributed by atoms with Crippen molar-refractivity contribution in [3.63, 3.8) is 0 Å². The number of hydrogen-bond donors (Lipinski definition) is 0. The van der Waals surface area contributed by atoms with Gasteiger partial charge in [-0.1, -0.05) is 12.1 Å². The Labute approximate surface area is 124 Å². The van der Waals surface area contributed by atoms with Crippen LogP contribution in [0.4, 0.5) is 0 Å². The monoisotopic (exact) mass is 350 g/mol. The second-order valence-electron chi connectivity index (χ2n) is 4.56. The SMILES string of the molecule is Cc1ccc2ccc3ccc(C)[n+](C)c3c2n1.[I-]. The summed E-state index contributed by atoms with van der Waals surface area (Å²) in [5.41, 5.74) is 4.61. The summed E-state index contributed by atoms with van der Waals surface area (Å²) in [7, 11) is 2.10. The molecule has 2 heterocycles. The predicted octanol–water partition coefficient (Wildman–Crippen LogP) is -0.167. The highest BCUT2D eigenvalue weighted by atomic mass is 127. The highest BCUT2D eigenvalue weighted by Gasteiger charge is 2.13. The Balaban J connectivity index is 0.00000120. The van der Waals surface area contributed by atoms with Gasteiger partial charge in [-0.2, -0.15) is 4.57 Å². The largest absolute Gasteiger partial charge is 1.00 e. The van der Waals surface area contributed by atoms with Crippen LogP contribution in [0.1, 0.15) is 11.4 Å². The fraction of sp³-hybridized carbons (Fsp3) is 0.200. The van der Waals surface area contributed by atoms with Gasteiger partial charge in [0.15, 0.2) is 5.69 Å². The van der Waals surface area contributed by atoms with E-state index in [0.717, 1.165) is 11.2 Å². The van der Waals surface area contributed by atoms with Crippen LogP contribution in [0.2, 0.25) is 0 Å². The molecule has 0 unspecified atom stereocenters. The fourth-order valence-electron chi connectivity index (χ4n) is 2.27. The van der Waals surface area contributed by atoms with Crippen molar-refractivity contribution in [2.24, 2.45) is 7.05 Å². The molecule has 2 nitrogen and oxygen atoms in total. The zero-order chi connectivity index (χ0) is 12.0. The number of hydrogen-bond acceptors (Lipinski definition) is 1. The zero-order valence-electron chi connectivity index (χ0n) is 10.7. The summed E-state index contributed by atoms with van der Waals surface area (Å²) in [6.45, 7) is 4.15. The van der Waals surface area contributed by atoms with Crippen molar-refractivity contribution in [2.45, 2.75) is 13.8 Å². The molecular formula is C15H15IN2. The molecule has 3 rings (SSSR count). The van der Waals surface area contributed by atoms with Crippen molar-refractivity contribution < 1.29 is 28.5 Å². The Morgan fingerprint density at radius 1 is 0.889 bits per heavy atom. The van der Waals surface area contributed by atoms with Gasteiger partial charge in [0, 0.05) is 29.5 Å². The third-order valence-electron chi connectivity index (χ3n) is 3.37. The van der Waals surface area contributed by atoms with Crippen LogP contribution in [0.15, 0.2) is 36.4 Å². The highest BCUT2D eigenvalue weighted by molar-refractivity contribution is 6.00. The summed E-state index contributed by atoms with van der Waals surface area (Å²) in [6.07, 6.45) is 0. The van der Waals surface area contributed by atoms with Crippen LogP contribution < -0.4 is 28.5 Å². The van der Waals surface area contributed by atoms with Crippen LogP contribution in [0.3, 0.4) is 0 Å². The molecule has 3 aromatic rings. The summed E-state index contributed by atoms with van der Waals surface area (Å²) in [5.74, 6) is 0. The predicted molar refractivity (Wildman–Crippen MR) is 69.9 cm³/mol. The Bertz CT molecular complexity index is 735. The van der Waals surface area contributed by atoms with Crippen LogP contribution in [0.5, 0.6) is 0 Å². The van der Waals surface area contributed by atoms with E-state index in [1.165, 1.54) is 22.0 Å². The summed E-state index contributed by atoms with van der Waals surface area (Å²) < 4.78 is 2.21. The molecule has 18 heavy (non-hydrogen) atoms. The topological polar surface area (TPSA) is 16.8 Å². The molecule has 3 heteroatoms.